The van der Waals surface area contributed by atoms with Gasteiger partial charge in [0.15, 0.2) is 0 Å². The van der Waals surface area contributed by atoms with Crippen LogP contribution in [0.25, 0.3) is 21.9 Å². The number of hydrogen-bond acceptors (Lipinski definition) is 3. The van der Waals surface area contributed by atoms with E-state index in [-0.39, 0.29) is 17.7 Å². The fourth-order valence-electron chi connectivity index (χ4n) is 4.78. The molecule has 7 heteroatoms. The molecule has 7 nitrogen and oxygen atoms in total. The Hall–Kier alpha value is -3.61. The molecule has 1 aliphatic heterocycles. The van der Waals surface area contributed by atoms with Crippen LogP contribution in [0.3, 0.4) is 0 Å². The van der Waals surface area contributed by atoms with Crippen molar-refractivity contribution in [3.05, 3.63) is 59.5 Å². The topological polar surface area (TPSA) is 83.0 Å². The van der Waals surface area contributed by atoms with Crippen molar-refractivity contribution in [3.63, 3.8) is 0 Å². The van der Waals surface area contributed by atoms with E-state index in [0.717, 1.165) is 39.1 Å². The van der Waals surface area contributed by atoms with Gasteiger partial charge in [0, 0.05) is 55.3 Å². The number of rotatable bonds is 5. The van der Waals surface area contributed by atoms with Gasteiger partial charge in [0.2, 0.25) is 11.8 Å². The molecular formula is C26H29N5O2. The molecule has 1 aliphatic rings. The zero-order valence-electron chi connectivity index (χ0n) is 19.3. The van der Waals surface area contributed by atoms with Crippen LogP contribution in [-0.2, 0) is 23.1 Å². The number of amides is 2. The fourth-order valence-corrected chi connectivity index (χ4v) is 4.78. The molecule has 0 saturated carbocycles. The molecule has 4 aromatic rings. The Labute approximate surface area is 192 Å². The first-order valence-corrected chi connectivity index (χ1v) is 11.5. The average Bonchev–Trinajstić information content (AvgIpc) is 3.50. The van der Waals surface area contributed by atoms with Gasteiger partial charge in [-0.25, -0.2) is 4.98 Å². The summed E-state index contributed by atoms with van der Waals surface area (Å²) in [7, 11) is 1.99. The SMILES string of the molecule is Cc1[nH]c2ccc(NC(=O)C3CCN(C(=O)CCc4nc5ccccc5n4C)C3)cc2c1C. The molecule has 2 amide bonds. The van der Waals surface area contributed by atoms with E-state index in [2.05, 4.69) is 22.2 Å². The minimum Gasteiger partial charge on any atom is -0.358 e. The number of nitrogens with one attached hydrogen (secondary N) is 2. The number of carbonyl (C=O) groups excluding carboxylic acids is 2. The Bertz CT molecular complexity index is 1370. The monoisotopic (exact) mass is 443 g/mol. The van der Waals surface area contributed by atoms with Crippen LogP contribution in [0, 0.1) is 19.8 Å². The van der Waals surface area contributed by atoms with Gasteiger partial charge in [-0.1, -0.05) is 12.1 Å². The molecule has 1 fully saturated rings. The summed E-state index contributed by atoms with van der Waals surface area (Å²) in [5.41, 5.74) is 6.21. The third kappa shape index (κ3) is 3.99. The van der Waals surface area contributed by atoms with Gasteiger partial charge in [0.25, 0.3) is 0 Å². The molecule has 1 unspecified atom stereocenters. The number of imidazole rings is 1. The first-order valence-electron chi connectivity index (χ1n) is 11.5. The minimum absolute atomic E-state index is 0.0232. The van der Waals surface area contributed by atoms with Gasteiger partial charge in [0.05, 0.1) is 17.0 Å². The minimum atomic E-state index is -0.186. The van der Waals surface area contributed by atoms with Crippen molar-refractivity contribution >= 4 is 39.4 Å². The van der Waals surface area contributed by atoms with E-state index >= 15 is 0 Å². The summed E-state index contributed by atoms with van der Waals surface area (Å²) in [5.74, 6) is 0.778. The Morgan fingerprint density at radius 3 is 2.82 bits per heavy atom. The highest BCUT2D eigenvalue weighted by molar-refractivity contribution is 5.96. The third-order valence-electron chi connectivity index (χ3n) is 6.93. The Balaban J connectivity index is 1.18. The van der Waals surface area contributed by atoms with Gasteiger partial charge in [-0.05, 0) is 56.2 Å². The molecule has 1 saturated heterocycles. The van der Waals surface area contributed by atoms with Crippen LogP contribution >= 0.6 is 0 Å². The van der Waals surface area contributed by atoms with Crippen LogP contribution in [0.1, 0.15) is 29.9 Å². The lowest BCUT2D eigenvalue weighted by Crippen LogP contribution is -2.31. The Morgan fingerprint density at radius 1 is 1.18 bits per heavy atom. The molecule has 2 aromatic carbocycles. The van der Waals surface area contributed by atoms with Gasteiger partial charge in [-0.3, -0.25) is 9.59 Å². The molecule has 1 atom stereocenters. The van der Waals surface area contributed by atoms with Crippen molar-refractivity contribution in [2.45, 2.75) is 33.1 Å². The lowest BCUT2D eigenvalue weighted by Gasteiger charge is -2.16. The normalized spacial score (nSPS) is 16.1. The predicted octanol–water partition coefficient (Wildman–Crippen LogP) is 4.09. The van der Waals surface area contributed by atoms with Crippen LogP contribution in [0.4, 0.5) is 5.69 Å². The average molecular weight is 444 g/mol. The number of hydrogen-bond donors (Lipinski definition) is 2. The lowest BCUT2D eigenvalue weighted by molar-refractivity contribution is -0.130. The molecule has 33 heavy (non-hydrogen) atoms. The highest BCUT2D eigenvalue weighted by atomic mass is 16.2. The van der Waals surface area contributed by atoms with Gasteiger partial charge in [-0.15, -0.1) is 0 Å². The molecule has 2 N–H and O–H groups in total. The maximum atomic E-state index is 12.9. The van der Waals surface area contributed by atoms with Crippen molar-refractivity contribution < 1.29 is 9.59 Å². The fraction of sp³-hybridized carbons (Fsp3) is 0.346. The summed E-state index contributed by atoms with van der Waals surface area (Å²) in [6, 6.07) is 13.9. The van der Waals surface area contributed by atoms with Crippen LogP contribution in [-0.4, -0.2) is 44.3 Å². The molecule has 3 heterocycles. The van der Waals surface area contributed by atoms with Gasteiger partial charge in [-0.2, -0.15) is 0 Å². The number of likely N-dealkylation sites (tertiary alicyclic amines) is 1. The van der Waals surface area contributed by atoms with Crippen LogP contribution in [0.15, 0.2) is 42.5 Å². The highest BCUT2D eigenvalue weighted by Crippen LogP contribution is 2.26. The number of aromatic amines is 1. The summed E-state index contributed by atoms with van der Waals surface area (Å²) in [6.45, 7) is 5.22. The maximum absolute atomic E-state index is 12.9. The largest absolute Gasteiger partial charge is 0.358 e. The van der Waals surface area contributed by atoms with E-state index in [9.17, 15) is 9.59 Å². The van der Waals surface area contributed by atoms with Crippen molar-refractivity contribution in [2.24, 2.45) is 13.0 Å². The molecule has 0 bridgehead atoms. The molecule has 0 radical (unpaired) electrons. The first kappa shape index (κ1) is 21.2. The third-order valence-corrected chi connectivity index (χ3v) is 6.93. The first-order chi connectivity index (χ1) is 15.9. The number of H-pyrrole nitrogens is 1. The number of aryl methyl sites for hydroxylation is 4. The van der Waals surface area contributed by atoms with Gasteiger partial charge >= 0.3 is 0 Å². The second kappa shape index (κ2) is 8.39. The van der Waals surface area contributed by atoms with Crippen molar-refractivity contribution in [3.8, 4) is 0 Å². The zero-order chi connectivity index (χ0) is 23.1. The number of para-hydroxylation sites is 2. The summed E-state index contributed by atoms with van der Waals surface area (Å²) in [6.07, 6.45) is 1.68. The van der Waals surface area contributed by atoms with E-state index in [0.29, 0.717) is 32.4 Å². The molecule has 5 rings (SSSR count). The number of carbonyl (C=O) groups is 2. The van der Waals surface area contributed by atoms with E-state index in [1.165, 1.54) is 5.56 Å². The highest BCUT2D eigenvalue weighted by Gasteiger charge is 2.31. The summed E-state index contributed by atoms with van der Waals surface area (Å²) < 4.78 is 2.05. The second-order valence-corrected chi connectivity index (χ2v) is 9.03. The van der Waals surface area contributed by atoms with Crippen LogP contribution in [0.5, 0.6) is 0 Å². The van der Waals surface area contributed by atoms with Crippen molar-refractivity contribution in [2.75, 3.05) is 18.4 Å². The van der Waals surface area contributed by atoms with E-state index in [1.54, 1.807) is 0 Å². The number of aromatic nitrogens is 3. The number of anilines is 1. The van der Waals surface area contributed by atoms with Crippen LogP contribution in [0.2, 0.25) is 0 Å². The smallest absolute Gasteiger partial charge is 0.229 e. The summed E-state index contributed by atoms with van der Waals surface area (Å²) in [5, 5.41) is 4.17. The van der Waals surface area contributed by atoms with Crippen molar-refractivity contribution in [1.29, 1.82) is 0 Å². The van der Waals surface area contributed by atoms with Crippen LogP contribution < -0.4 is 5.32 Å². The quantitative estimate of drug-likeness (QED) is 0.487. The number of nitrogens with zero attached hydrogens (tertiary/aromatic N) is 3. The summed E-state index contributed by atoms with van der Waals surface area (Å²) >= 11 is 0. The molecule has 0 aliphatic carbocycles. The molecule has 0 spiro atoms. The Morgan fingerprint density at radius 2 is 2.00 bits per heavy atom. The summed E-state index contributed by atoms with van der Waals surface area (Å²) in [4.78, 5) is 35.5. The van der Waals surface area contributed by atoms with Gasteiger partial charge < -0.3 is 19.8 Å². The Kier molecular flexibility index (Phi) is 5.40. The number of fused-ring (bicyclic) bond motifs is 2. The predicted molar refractivity (Wildman–Crippen MR) is 130 cm³/mol. The van der Waals surface area contributed by atoms with Gasteiger partial charge in [0.1, 0.15) is 5.82 Å². The standard InChI is InChI=1S/C26H29N5O2/c1-16-17(2)27-21-9-8-19(14-20(16)21)28-26(33)18-12-13-31(15-18)25(32)11-10-24-29-22-6-4-5-7-23(22)30(24)3/h4-9,14,18,27H,10-13,15H2,1-3H3,(H,28,33). The molecule has 170 valence electrons. The molecular weight excluding hydrogens is 414 g/mol. The lowest BCUT2D eigenvalue weighted by atomic mass is 10.1. The van der Waals surface area contributed by atoms with E-state index in [1.807, 2.05) is 65.9 Å². The van der Waals surface area contributed by atoms with Crippen molar-refractivity contribution in [1.82, 2.24) is 19.4 Å². The zero-order valence-corrected chi connectivity index (χ0v) is 19.3. The molecule has 2 aromatic heterocycles. The van der Waals surface area contributed by atoms with E-state index < -0.39 is 0 Å². The number of benzene rings is 2. The van der Waals surface area contributed by atoms with E-state index in [4.69, 9.17) is 0 Å². The second-order valence-electron chi connectivity index (χ2n) is 9.03. The maximum Gasteiger partial charge on any atom is 0.229 e.